The second kappa shape index (κ2) is 3.47. The van der Waals surface area contributed by atoms with Crippen molar-refractivity contribution < 1.29 is 23.1 Å². The lowest BCUT2D eigenvalue weighted by molar-refractivity contribution is -0.136. The summed E-state index contributed by atoms with van der Waals surface area (Å²) in [6.45, 7) is 0. The second-order valence-corrected chi connectivity index (χ2v) is 2.39. The first-order valence-corrected chi connectivity index (χ1v) is 3.36. The van der Waals surface area contributed by atoms with Crippen molar-refractivity contribution in [3.63, 3.8) is 0 Å². The lowest BCUT2D eigenvalue weighted by Crippen LogP contribution is -2.06. The third-order valence-corrected chi connectivity index (χ3v) is 1.47. The molecule has 0 fully saturated rings. The van der Waals surface area contributed by atoms with Crippen molar-refractivity contribution in [2.24, 2.45) is 0 Å². The molecule has 0 bridgehead atoms. The maximum Gasteiger partial charge on any atom is 0.308 e. The van der Waals surface area contributed by atoms with Crippen LogP contribution in [0.5, 0.6) is 0 Å². The predicted molar refractivity (Wildman–Crippen MR) is 37.7 cm³/mol. The fraction of sp³-hybridized carbons (Fsp3) is 0.125. The van der Waals surface area contributed by atoms with Gasteiger partial charge in [-0.2, -0.15) is 0 Å². The van der Waals surface area contributed by atoms with Crippen LogP contribution < -0.4 is 0 Å². The van der Waals surface area contributed by atoms with Gasteiger partial charge in [0.05, 0.1) is 6.42 Å². The fourth-order valence-corrected chi connectivity index (χ4v) is 0.882. The van der Waals surface area contributed by atoms with E-state index in [1.807, 2.05) is 0 Å². The highest BCUT2D eigenvalue weighted by Gasteiger charge is 2.15. The third kappa shape index (κ3) is 1.99. The van der Waals surface area contributed by atoms with E-state index in [1.165, 1.54) is 0 Å². The lowest BCUT2D eigenvalue weighted by Gasteiger charge is -2.01. The summed E-state index contributed by atoms with van der Waals surface area (Å²) in [6.07, 6.45) is -0.866. The highest BCUT2D eigenvalue weighted by molar-refractivity contribution is 5.70. The van der Waals surface area contributed by atoms with Crippen molar-refractivity contribution in [1.29, 1.82) is 0 Å². The Bertz CT molecular complexity index is 349. The SMILES string of the molecule is O=C(O)Cc1c(F)ccc(F)c1F. The number of aliphatic carboxylic acids is 1. The van der Waals surface area contributed by atoms with Gasteiger partial charge in [0.15, 0.2) is 11.6 Å². The van der Waals surface area contributed by atoms with Crippen LogP contribution in [-0.2, 0) is 11.2 Å². The topological polar surface area (TPSA) is 37.3 Å². The van der Waals surface area contributed by atoms with Gasteiger partial charge in [0, 0.05) is 5.56 Å². The summed E-state index contributed by atoms with van der Waals surface area (Å²) in [6, 6.07) is 1.30. The molecular formula is C8H5F3O2. The molecule has 0 unspecified atom stereocenters. The van der Waals surface area contributed by atoms with E-state index in [9.17, 15) is 18.0 Å². The number of carboxylic acids is 1. The van der Waals surface area contributed by atoms with Crippen molar-refractivity contribution in [3.05, 3.63) is 35.1 Å². The Hall–Kier alpha value is -1.52. The van der Waals surface area contributed by atoms with Gasteiger partial charge in [0.25, 0.3) is 0 Å². The first-order chi connectivity index (χ1) is 6.02. The summed E-state index contributed by atoms with van der Waals surface area (Å²) in [5.74, 6) is -5.16. The number of rotatable bonds is 2. The maximum atomic E-state index is 12.7. The van der Waals surface area contributed by atoms with E-state index in [0.29, 0.717) is 12.1 Å². The van der Waals surface area contributed by atoms with Crippen molar-refractivity contribution in [3.8, 4) is 0 Å². The molecule has 1 rings (SSSR count). The van der Waals surface area contributed by atoms with Gasteiger partial charge in [0.1, 0.15) is 5.82 Å². The molecule has 5 heteroatoms. The van der Waals surface area contributed by atoms with E-state index in [1.54, 1.807) is 0 Å². The Morgan fingerprint density at radius 1 is 1.23 bits per heavy atom. The average molecular weight is 190 g/mol. The molecule has 0 heterocycles. The van der Waals surface area contributed by atoms with Gasteiger partial charge in [-0.25, -0.2) is 13.2 Å². The minimum absolute atomic E-state index is 0.607. The molecule has 0 amide bonds. The zero-order chi connectivity index (χ0) is 10.0. The smallest absolute Gasteiger partial charge is 0.308 e. The number of halogens is 3. The minimum atomic E-state index is -1.44. The third-order valence-electron chi connectivity index (χ3n) is 1.47. The van der Waals surface area contributed by atoms with Gasteiger partial charge < -0.3 is 5.11 Å². The molecule has 0 saturated heterocycles. The first-order valence-electron chi connectivity index (χ1n) is 3.36. The van der Waals surface area contributed by atoms with Gasteiger partial charge >= 0.3 is 5.97 Å². The highest BCUT2D eigenvalue weighted by Crippen LogP contribution is 2.16. The quantitative estimate of drug-likeness (QED) is 0.721. The molecule has 2 nitrogen and oxygen atoms in total. The van der Waals surface area contributed by atoms with Crippen LogP contribution in [0, 0.1) is 17.5 Å². The standard InChI is InChI=1S/C8H5F3O2/c9-5-1-2-6(10)8(11)4(5)3-7(12)13/h1-2H,3H2,(H,12,13). The van der Waals surface area contributed by atoms with Crippen molar-refractivity contribution in [1.82, 2.24) is 0 Å². The van der Waals surface area contributed by atoms with Gasteiger partial charge in [-0.3, -0.25) is 4.79 Å². The number of carboxylic acid groups (broad SMARTS) is 1. The van der Waals surface area contributed by atoms with E-state index < -0.39 is 35.4 Å². The van der Waals surface area contributed by atoms with Crippen molar-refractivity contribution in [2.45, 2.75) is 6.42 Å². The minimum Gasteiger partial charge on any atom is -0.481 e. The summed E-state index contributed by atoms with van der Waals surface area (Å²) in [5.41, 5.74) is -0.757. The fourth-order valence-electron chi connectivity index (χ4n) is 0.882. The molecule has 0 saturated carbocycles. The summed E-state index contributed by atoms with van der Waals surface area (Å²) in [4.78, 5) is 10.1. The molecule has 0 atom stereocenters. The van der Waals surface area contributed by atoms with Gasteiger partial charge in [0.2, 0.25) is 0 Å². The number of hydrogen-bond donors (Lipinski definition) is 1. The van der Waals surface area contributed by atoms with Gasteiger partial charge in [-0.15, -0.1) is 0 Å². The molecule has 0 spiro atoms. The second-order valence-electron chi connectivity index (χ2n) is 2.39. The summed E-state index contributed by atoms with van der Waals surface area (Å²) >= 11 is 0. The maximum absolute atomic E-state index is 12.7. The van der Waals surface area contributed by atoms with Crippen LogP contribution in [0.4, 0.5) is 13.2 Å². The molecule has 0 aromatic heterocycles. The van der Waals surface area contributed by atoms with Crippen LogP contribution in [0.3, 0.4) is 0 Å². The Balaban J connectivity index is 3.17. The molecule has 0 radical (unpaired) electrons. The number of carbonyl (C=O) groups is 1. The Morgan fingerprint density at radius 3 is 2.31 bits per heavy atom. The molecular weight excluding hydrogens is 185 g/mol. The van der Waals surface area contributed by atoms with Crippen LogP contribution in [-0.4, -0.2) is 11.1 Å². The van der Waals surface area contributed by atoms with E-state index in [-0.39, 0.29) is 0 Å². The van der Waals surface area contributed by atoms with Crippen LogP contribution in [0.2, 0.25) is 0 Å². The average Bonchev–Trinajstić information content (AvgIpc) is 2.05. The monoisotopic (exact) mass is 190 g/mol. The number of hydrogen-bond acceptors (Lipinski definition) is 1. The van der Waals surface area contributed by atoms with Crippen LogP contribution in [0.1, 0.15) is 5.56 Å². The molecule has 1 N–H and O–H groups in total. The molecule has 1 aromatic carbocycles. The zero-order valence-corrected chi connectivity index (χ0v) is 6.35. The molecule has 0 aliphatic carbocycles. The zero-order valence-electron chi connectivity index (χ0n) is 6.35. The largest absolute Gasteiger partial charge is 0.481 e. The van der Waals surface area contributed by atoms with E-state index in [2.05, 4.69) is 0 Å². The summed E-state index contributed by atoms with van der Waals surface area (Å²) < 4.78 is 37.9. The van der Waals surface area contributed by atoms with Crippen molar-refractivity contribution in [2.75, 3.05) is 0 Å². The first kappa shape index (κ1) is 9.57. The molecule has 13 heavy (non-hydrogen) atoms. The van der Waals surface area contributed by atoms with E-state index in [0.717, 1.165) is 0 Å². The number of benzene rings is 1. The highest BCUT2D eigenvalue weighted by atomic mass is 19.2. The van der Waals surface area contributed by atoms with Crippen LogP contribution in [0.15, 0.2) is 12.1 Å². The lowest BCUT2D eigenvalue weighted by atomic mass is 10.1. The Labute approximate surface area is 71.6 Å². The molecule has 1 aromatic rings. The molecule has 0 aliphatic rings. The van der Waals surface area contributed by atoms with Crippen molar-refractivity contribution >= 4 is 5.97 Å². The van der Waals surface area contributed by atoms with Gasteiger partial charge in [-0.1, -0.05) is 0 Å². The van der Waals surface area contributed by atoms with E-state index in [4.69, 9.17) is 5.11 Å². The van der Waals surface area contributed by atoms with Crippen LogP contribution in [0.25, 0.3) is 0 Å². The van der Waals surface area contributed by atoms with E-state index >= 15 is 0 Å². The van der Waals surface area contributed by atoms with Gasteiger partial charge in [-0.05, 0) is 12.1 Å². The summed E-state index contributed by atoms with van der Waals surface area (Å²) in [7, 11) is 0. The normalized spacial score (nSPS) is 10.1. The Kier molecular flexibility index (Phi) is 2.55. The molecule has 0 aliphatic heterocycles. The Morgan fingerprint density at radius 2 is 1.77 bits per heavy atom. The predicted octanol–water partition coefficient (Wildman–Crippen LogP) is 1.73. The molecule has 70 valence electrons. The summed E-state index contributed by atoms with van der Waals surface area (Å²) in [5, 5.41) is 8.25. The van der Waals surface area contributed by atoms with Crippen LogP contribution >= 0.6 is 0 Å².